The minimum atomic E-state index is -0.825. The number of benzene rings is 2. The molecule has 0 amide bonds. The third-order valence-electron chi connectivity index (χ3n) is 2.98. The van der Waals surface area contributed by atoms with E-state index in [1.807, 2.05) is 36.4 Å². The molecule has 0 aliphatic rings. The third kappa shape index (κ3) is 1.83. The van der Waals surface area contributed by atoms with Gasteiger partial charge in [0.1, 0.15) is 0 Å². The Morgan fingerprint density at radius 2 is 1.78 bits per heavy atom. The molecule has 0 aliphatic carbocycles. The maximum Gasteiger partial charge on any atom is 0.307 e. The van der Waals surface area contributed by atoms with Gasteiger partial charge in [-0.3, -0.25) is 4.79 Å². The van der Waals surface area contributed by atoms with Crippen LogP contribution in [-0.2, 0) is 11.2 Å². The summed E-state index contributed by atoms with van der Waals surface area (Å²) in [6.07, 6.45) is 0.0338. The van der Waals surface area contributed by atoms with Gasteiger partial charge in [0.2, 0.25) is 0 Å². The smallest absolute Gasteiger partial charge is 0.307 e. The van der Waals surface area contributed by atoms with Crippen LogP contribution < -0.4 is 0 Å². The van der Waals surface area contributed by atoms with Gasteiger partial charge in [-0.05, 0) is 23.8 Å². The van der Waals surface area contributed by atoms with Gasteiger partial charge >= 0.3 is 5.97 Å². The van der Waals surface area contributed by atoms with E-state index in [2.05, 4.69) is 4.98 Å². The predicted octanol–water partition coefficient (Wildman–Crippen LogP) is 3.60. The van der Waals surface area contributed by atoms with Crippen molar-refractivity contribution in [3.05, 3.63) is 47.0 Å². The zero-order chi connectivity index (χ0) is 12.7. The predicted molar refractivity (Wildman–Crippen MR) is 72.2 cm³/mol. The number of hydrogen-bond donors (Lipinski definition) is 2. The van der Waals surface area contributed by atoms with Gasteiger partial charge in [-0.1, -0.05) is 29.8 Å². The molecule has 0 spiro atoms. The average Bonchev–Trinajstić information content (AvgIpc) is 2.64. The molecule has 2 aromatic carbocycles. The van der Waals surface area contributed by atoms with Gasteiger partial charge in [-0.15, -0.1) is 0 Å². The van der Waals surface area contributed by atoms with Gasteiger partial charge < -0.3 is 10.1 Å². The number of carbonyl (C=O) groups is 1. The molecule has 90 valence electrons. The molecule has 18 heavy (non-hydrogen) atoms. The molecule has 0 unspecified atom stereocenters. The highest BCUT2D eigenvalue weighted by molar-refractivity contribution is 6.31. The number of nitrogens with one attached hydrogen (secondary N) is 1. The van der Waals surface area contributed by atoms with E-state index < -0.39 is 5.97 Å². The lowest BCUT2D eigenvalue weighted by Crippen LogP contribution is -1.99. The zero-order valence-corrected chi connectivity index (χ0v) is 10.2. The number of aromatic nitrogens is 1. The number of H-pyrrole nitrogens is 1. The van der Waals surface area contributed by atoms with Crippen LogP contribution in [0.2, 0.25) is 5.02 Å². The summed E-state index contributed by atoms with van der Waals surface area (Å²) in [6, 6.07) is 11.3. The molecule has 0 bridgehead atoms. The summed E-state index contributed by atoms with van der Waals surface area (Å²) >= 11 is 5.95. The van der Waals surface area contributed by atoms with Crippen LogP contribution in [0.1, 0.15) is 5.56 Å². The van der Waals surface area contributed by atoms with Gasteiger partial charge in [-0.2, -0.15) is 0 Å². The number of aliphatic carboxylic acids is 1. The van der Waals surface area contributed by atoms with Crippen molar-refractivity contribution >= 4 is 39.4 Å². The summed E-state index contributed by atoms with van der Waals surface area (Å²) in [5.74, 6) is -0.825. The van der Waals surface area contributed by atoms with E-state index in [-0.39, 0.29) is 6.42 Å². The average molecular weight is 260 g/mol. The summed E-state index contributed by atoms with van der Waals surface area (Å²) in [5, 5.41) is 11.6. The standard InChI is InChI=1S/C14H10ClNO2/c15-9-2-4-11-10-3-1-8(6-14(17)18)5-12(10)16-13(11)7-9/h1-5,7,16H,6H2,(H,17,18). The summed E-state index contributed by atoms with van der Waals surface area (Å²) in [4.78, 5) is 13.9. The first-order chi connectivity index (χ1) is 8.63. The lowest BCUT2D eigenvalue weighted by molar-refractivity contribution is -0.136. The van der Waals surface area contributed by atoms with Crippen LogP contribution in [0.25, 0.3) is 21.8 Å². The summed E-state index contributed by atoms with van der Waals surface area (Å²) in [5.41, 5.74) is 2.68. The molecule has 0 aliphatic heterocycles. The fourth-order valence-corrected chi connectivity index (χ4v) is 2.39. The molecule has 0 saturated carbocycles. The first kappa shape index (κ1) is 11.1. The second-order valence-electron chi connectivity index (χ2n) is 4.27. The molecule has 1 aromatic heterocycles. The molecule has 0 saturated heterocycles. The van der Waals surface area contributed by atoms with Crippen LogP contribution in [0.15, 0.2) is 36.4 Å². The van der Waals surface area contributed by atoms with Crippen molar-refractivity contribution < 1.29 is 9.90 Å². The van der Waals surface area contributed by atoms with Crippen molar-refractivity contribution in [2.75, 3.05) is 0 Å². The van der Waals surface area contributed by atoms with E-state index in [0.717, 1.165) is 27.4 Å². The lowest BCUT2D eigenvalue weighted by atomic mass is 10.1. The monoisotopic (exact) mass is 259 g/mol. The van der Waals surface area contributed by atoms with E-state index in [1.165, 1.54) is 0 Å². The maximum absolute atomic E-state index is 10.7. The topological polar surface area (TPSA) is 53.1 Å². The van der Waals surface area contributed by atoms with Crippen molar-refractivity contribution in [1.82, 2.24) is 4.98 Å². The lowest BCUT2D eigenvalue weighted by Gasteiger charge is -1.97. The summed E-state index contributed by atoms with van der Waals surface area (Å²) in [7, 11) is 0. The number of rotatable bonds is 2. The second-order valence-corrected chi connectivity index (χ2v) is 4.70. The number of carboxylic acid groups (broad SMARTS) is 1. The molecule has 3 aromatic rings. The van der Waals surface area contributed by atoms with Gasteiger partial charge in [0, 0.05) is 26.8 Å². The third-order valence-corrected chi connectivity index (χ3v) is 3.22. The molecule has 0 fully saturated rings. The molecule has 0 radical (unpaired) electrons. The normalized spacial score (nSPS) is 11.2. The van der Waals surface area contributed by atoms with Crippen molar-refractivity contribution in [2.45, 2.75) is 6.42 Å². The molecule has 3 nitrogen and oxygen atoms in total. The van der Waals surface area contributed by atoms with E-state index in [0.29, 0.717) is 5.02 Å². The Morgan fingerprint density at radius 3 is 2.50 bits per heavy atom. The minimum absolute atomic E-state index is 0.0338. The minimum Gasteiger partial charge on any atom is -0.481 e. The number of halogens is 1. The van der Waals surface area contributed by atoms with Gasteiger partial charge in [0.05, 0.1) is 6.42 Å². The first-order valence-electron chi connectivity index (χ1n) is 5.55. The Balaban J connectivity index is 2.22. The number of fused-ring (bicyclic) bond motifs is 3. The van der Waals surface area contributed by atoms with Gasteiger partial charge in [0.15, 0.2) is 0 Å². The van der Waals surface area contributed by atoms with E-state index in [1.54, 1.807) is 0 Å². The Bertz CT molecular complexity index is 761. The van der Waals surface area contributed by atoms with Crippen molar-refractivity contribution in [2.24, 2.45) is 0 Å². The van der Waals surface area contributed by atoms with Crippen LogP contribution in [0.3, 0.4) is 0 Å². The second kappa shape index (κ2) is 4.03. The number of aromatic amines is 1. The Hall–Kier alpha value is -2.00. The van der Waals surface area contributed by atoms with Crippen LogP contribution in [0, 0.1) is 0 Å². The number of hydrogen-bond acceptors (Lipinski definition) is 1. The quantitative estimate of drug-likeness (QED) is 0.739. The first-order valence-corrected chi connectivity index (χ1v) is 5.93. The molecule has 2 N–H and O–H groups in total. The summed E-state index contributed by atoms with van der Waals surface area (Å²) < 4.78 is 0. The van der Waals surface area contributed by atoms with Crippen LogP contribution in [0.5, 0.6) is 0 Å². The van der Waals surface area contributed by atoms with Crippen LogP contribution >= 0.6 is 11.6 Å². The maximum atomic E-state index is 10.7. The molecular formula is C14H10ClNO2. The molecule has 1 heterocycles. The van der Waals surface area contributed by atoms with Crippen LogP contribution in [0.4, 0.5) is 0 Å². The van der Waals surface area contributed by atoms with Gasteiger partial charge in [0.25, 0.3) is 0 Å². The molecule has 4 heteroatoms. The Kier molecular flexibility index (Phi) is 2.49. The fraction of sp³-hybridized carbons (Fsp3) is 0.0714. The van der Waals surface area contributed by atoms with Gasteiger partial charge in [-0.25, -0.2) is 0 Å². The highest BCUT2D eigenvalue weighted by Gasteiger charge is 2.07. The van der Waals surface area contributed by atoms with Crippen LogP contribution in [-0.4, -0.2) is 16.1 Å². The summed E-state index contributed by atoms with van der Waals surface area (Å²) in [6.45, 7) is 0. The fourth-order valence-electron chi connectivity index (χ4n) is 2.21. The van der Waals surface area contributed by atoms with Crippen molar-refractivity contribution in [3.8, 4) is 0 Å². The van der Waals surface area contributed by atoms with E-state index >= 15 is 0 Å². The zero-order valence-electron chi connectivity index (χ0n) is 9.40. The SMILES string of the molecule is O=C(O)Cc1ccc2c(c1)[nH]c1cc(Cl)ccc12. The molecular weight excluding hydrogens is 250 g/mol. The molecule has 0 atom stereocenters. The van der Waals surface area contributed by atoms with E-state index in [4.69, 9.17) is 16.7 Å². The Labute approximate surface area is 108 Å². The van der Waals surface area contributed by atoms with E-state index in [9.17, 15) is 4.79 Å². The number of carboxylic acids is 1. The van der Waals surface area contributed by atoms with Crippen molar-refractivity contribution in [3.63, 3.8) is 0 Å². The molecule has 3 rings (SSSR count). The Morgan fingerprint density at radius 1 is 1.11 bits per heavy atom. The largest absolute Gasteiger partial charge is 0.481 e. The van der Waals surface area contributed by atoms with Crippen molar-refractivity contribution in [1.29, 1.82) is 0 Å². The highest BCUT2D eigenvalue weighted by Crippen LogP contribution is 2.28. The highest BCUT2D eigenvalue weighted by atomic mass is 35.5.